The first kappa shape index (κ1) is 31.8. The minimum atomic E-state index is -3.63. The van der Waals surface area contributed by atoms with E-state index in [1.54, 1.807) is 6.07 Å². The van der Waals surface area contributed by atoms with Gasteiger partial charge in [-0.2, -0.15) is 8.78 Å². The van der Waals surface area contributed by atoms with Gasteiger partial charge in [-0.1, -0.05) is 54.1 Å². The molecule has 3 unspecified atom stereocenters. The van der Waals surface area contributed by atoms with Crippen molar-refractivity contribution in [2.75, 3.05) is 19.7 Å². The molecule has 4 N–H and O–H groups in total. The third-order valence-electron chi connectivity index (χ3n) is 5.58. The molecule has 0 radical (unpaired) electrons. The highest BCUT2D eigenvalue weighted by atomic mass is 35.5. The number of hydrogen-bond donors (Lipinski definition) is 4. The van der Waals surface area contributed by atoms with E-state index < -0.39 is 55.2 Å². The molecule has 1 aliphatic heterocycles. The fourth-order valence-electron chi connectivity index (χ4n) is 3.80. The van der Waals surface area contributed by atoms with Crippen LogP contribution in [-0.2, 0) is 20.2 Å². The fraction of sp³-hybridized carbons (Fsp3) is 0.423. The molecule has 3 amide bonds. The van der Waals surface area contributed by atoms with Crippen molar-refractivity contribution in [2.24, 2.45) is 5.92 Å². The molecule has 3 atom stereocenters. The van der Waals surface area contributed by atoms with Gasteiger partial charge in [0.2, 0.25) is 18.2 Å². The minimum Gasteiger partial charge on any atom is -0.434 e. The van der Waals surface area contributed by atoms with Gasteiger partial charge in [0.05, 0.1) is 12.6 Å². The second kappa shape index (κ2) is 15.3. The molecule has 0 bridgehead atoms. The van der Waals surface area contributed by atoms with Crippen LogP contribution in [0.15, 0.2) is 54.6 Å². The van der Waals surface area contributed by atoms with Crippen molar-refractivity contribution in [3.05, 3.63) is 70.7 Å². The van der Waals surface area contributed by atoms with Crippen LogP contribution in [0.3, 0.4) is 0 Å². The van der Waals surface area contributed by atoms with Gasteiger partial charge in [0.25, 0.3) is 0 Å². The summed E-state index contributed by atoms with van der Waals surface area (Å²) in [5, 5.41) is 17.0. The highest BCUT2D eigenvalue weighted by Crippen LogP contribution is 2.43. The van der Waals surface area contributed by atoms with E-state index >= 15 is 8.78 Å². The van der Waals surface area contributed by atoms with E-state index in [0.29, 0.717) is 13.0 Å². The van der Waals surface area contributed by atoms with Gasteiger partial charge in [-0.3, -0.25) is 9.59 Å². The van der Waals surface area contributed by atoms with Crippen LogP contribution in [0.1, 0.15) is 37.0 Å². The summed E-state index contributed by atoms with van der Waals surface area (Å²) in [5.41, 5.74) is -0.390. The Morgan fingerprint density at radius 1 is 1.18 bits per heavy atom. The normalized spacial score (nSPS) is 16.4. The number of benzene rings is 2. The molecule has 1 saturated heterocycles. The maximum atomic E-state index is 15.4. The Labute approximate surface area is 228 Å². The van der Waals surface area contributed by atoms with E-state index in [0.717, 1.165) is 13.0 Å². The molecule has 1 heterocycles. The Morgan fingerprint density at radius 3 is 2.41 bits per heavy atom. The Balaban J connectivity index is 0.00000124. The molecule has 0 aliphatic carbocycles. The van der Waals surface area contributed by atoms with Crippen LogP contribution in [0.5, 0.6) is 0 Å². The van der Waals surface area contributed by atoms with Gasteiger partial charge in [0.15, 0.2) is 6.10 Å². The lowest BCUT2D eigenvalue weighted by Gasteiger charge is -2.27. The summed E-state index contributed by atoms with van der Waals surface area (Å²) in [4.78, 5) is 36.3. The first-order valence-corrected chi connectivity index (χ1v) is 12.4. The predicted octanol–water partition coefficient (Wildman–Crippen LogP) is 4.17. The van der Waals surface area contributed by atoms with E-state index in [-0.39, 0.29) is 28.8 Å². The number of ether oxygens (including phenoxy) is 1. The topological polar surface area (TPSA) is 117 Å². The van der Waals surface area contributed by atoms with E-state index in [2.05, 4.69) is 16.0 Å². The third kappa shape index (κ3) is 10.4. The highest BCUT2D eigenvalue weighted by Gasteiger charge is 2.45. The van der Waals surface area contributed by atoms with E-state index in [1.807, 2.05) is 0 Å². The predicted molar refractivity (Wildman–Crippen MR) is 135 cm³/mol. The molecule has 0 saturated carbocycles. The lowest BCUT2D eigenvalue weighted by atomic mass is 9.97. The van der Waals surface area contributed by atoms with E-state index in [4.69, 9.17) is 16.3 Å². The smallest absolute Gasteiger partial charge is 0.408 e. The Kier molecular flexibility index (Phi) is 12.5. The van der Waals surface area contributed by atoms with Crippen LogP contribution >= 0.6 is 11.6 Å². The largest absolute Gasteiger partial charge is 0.434 e. The van der Waals surface area contributed by atoms with Gasteiger partial charge in [0, 0.05) is 23.0 Å². The van der Waals surface area contributed by atoms with Crippen LogP contribution in [-0.4, -0.2) is 55.2 Å². The molecule has 2 aromatic carbocycles. The monoisotopic (exact) mass is 575 g/mol. The lowest BCUT2D eigenvalue weighted by molar-refractivity contribution is -0.125. The molecule has 13 heteroatoms. The number of amides is 3. The van der Waals surface area contributed by atoms with Crippen molar-refractivity contribution in [3.63, 3.8) is 0 Å². The zero-order valence-electron chi connectivity index (χ0n) is 21.0. The summed E-state index contributed by atoms with van der Waals surface area (Å²) >= 11 is 5.87. The van der Waals surface area contributed by atoms with Crippen LogP contribution in [0.25, 0.3) is 0 Å². The second-order valence-electron chi connectivity index (χ2n) is 8.66. The van der Waals surface area contributed by atoms with Crippen molar-refractivity contribution >= 4 is 29.5 Å². The standard InChI is InChI=1S/C24H26ClF2N3O5.C2H4F2/c25-18-8-4-7-17(12-18)24(26,27)21(15-5-2-1-3-6-15)35-23(34)29-13-20(32)30-19(14-31)11-16-9-10-28-22(16)33;1-2(3)4/h1-8,12,16,19,21,31H,9-11,13-14H2,(H,28,33)(H,29,34)(H,30,32);2H,1H3. The average Bonchev–Trinajstić information content (AvgIpc) is 3.29. The van der Waals surface area contributed by atoms with Gasteiger partial charge in [0.1, 0.15) is 6.54 Å². The van der Waals surface area contributed by atoms with E-state index in [9.17, 15) is 28.3 Å². The maximum Gasteiger partial charge on any atom is 0.408 e. The van der Waals surface area contributed by atoms with Gasteiger partial charge in [-0.05, 0) is 37.5 Å². The van der Waals surface area contributed by atoms with Crippen molar-refractivity contribution in [1.82, 2.24) is 16.0 Å². The van der Waals surface area contributed by atoms with E-state index in [1.165, 1.54) is 42.5 Å². The minimum absolute atomic E-state index is 0.0484. The summed E-state index contributed by atoms with van der Waals surface area (Å²) in [5.74, 6) is -4.77. The summed E-state index contributed by atoms with van der Waals surface area (Å²) in [7, 11) is 0. The Hall–Kier alpha value is -3.38. The number of aliphatic hydroxyl groups is 1. The van der Waals surface area contributed by atoms with Crippen LogP contribution in [0.4, 0.5) is 22.4 Å². The maximum absolute atomic E-state index is 15.4. The third-order valence-corrected chi connectivity index (χ3v) is 5.81. The number of carbonyl (C=O) groups is 3. The molecule has 1 aliphatic rings. The molecule has 1 fully saturated rings. The molecule has 8 nitrogen and oxygen atoms in total. The number of halogens is 5. The molecule has 2 aromatic rings. The molecule has 3 rings (SSSR count). The van der Waals surface area contributed by atoms with Crippen molar-refractivity contribution in [2.45, 2.75) is 44.3 Å². The summed E-state index contributed by atoms with van der Waals surface area (Å²) in [6, 6.07) is 11.9. The Bertz CT molecular complexity index is 1090. The summed E-state index contributed by atoms with van der Waals surface area (Å²) in [6.45, 7) is 0.393. The summed E-state index contributed by atoms with van der Waals surface area (Å²) in [6.07, 6.45) is -4.56. The number of carbonyl (C=O) groups excluding carboxylic acids is 3. The van der Waals surface area contributed by atoms with Gasteiger partial charge >= 0.3 is 12.0 Å². The Morgan fingerprint density at radius 2 is 1.85 bits per heavy atom. The van der Waals surface area contributed by atoms with Crippen LogP contribution in [0.2, 0.25) is 5.02 Å². The fourth-order valence-corrected chi connectivity index (χ4v) is 3.99. The molecule has 0 spiro atoms. The average molecular weight is 576 g/mol. The number of alkyl carbamates (subject to hydrolysis) is 1. The number of aliphatic hydroxyl groups excluding tert-OH is 1. The molecular formula is C26H30ClF4N3O5. The zero-order valence-corrected chi connectivity index (χ0v) is 21.8. The second-order valence-corrected chi connectivity index (χ2v) is 9.10. The zero-order chi connectivity index (χ0) is 29.0. The van der Waals surface area contributed by atoms with Crippen molar-refractivity contribution in [1.29, 1.82) is 0 Å². The van der Waals surface area contributed by atoms with Crippen LogP contribution in [0, 0.1) is 5.92 Å². The molecule has 39 heavy (non-hydrogen) atoms. The first-order chi connectivity index (χ1) is 18.4. The quantitative estimate of drug-likeness (QED) is 0.317. The number of hydrogen-bond acceptors (Lipinski definition) is 5. The summed E-state index contributed by atoms with van der Waals surface area (Å²) < 4.78 is 56.5. The highest BCUT2D eigenvalue weighted by molar-refractivity contribution is 6.30. The molecule has 0 aromatic heterocycles. The number of nitrogens with one attached hydrogen (secondary N) is 3. The van der Waals surface area contributed by atoms with Crippen molar-refractivity contribution in [3.8, 4) is 0 Å². The number of rotatable bonds is 10. The number of alkyl halides is 4. The first-order valence-electron chi connectivity index (χ1n) is 12.0. The van der Waals surface area contributed by atoms with Gasteiger partial charge in [-0.25, -0.2) is 13.6 Å². The lowest BCUT2D eigenvalue weighted by Crippen LogP contribution is -2.45. The van der Waals surface area contributed by atoms with Gasteiger partial charge in [-0.15, -0.1) is 0 Å². The molecular weight excluding hydrogens is 546 g/mol. The van der Waals surface area contributed by atoms with Gasteiger partial charge < -0.3 is 25.8 Å². The van der Waals surface area contributed by atoms with Crippen molar-refractivity contribution < 1.29 is 41.8 Å². The van der Waals surface area contributed by atoms with Crippen LogP contribution < -0.4 is 16.0 Å². The molecule has 214 valence electrons. The SMILES string of the molecule is CC(F)F.O=C(CNC(=O)OC(c1ccccc1)C(F)(F)c1cccc(Cl)c1)NC(CO)CC1CCNC1=O.